The maximum absolute atomic E-state index is 14.4. The number of anilines is 1. The van der Waals surface area contributed by atoms with Crippen LogP contribution in [0.15, 0.2) is 24.5 Å². The number of amides is 1. The molecule has 164 valence electrons. The summed E-state index contributed by atoms with van der Waals surface area (Å²) in [6.07, 6.45) is 5.04. The van der Waals surface area contributed by atoms with E-state index in [9.17, 15) is 9.18 Å². The van der Waals surface area contributed by atoms with Crippen LogP contribution in [0.5, 0.6) is 0 Å². The lowest BCUT2D eigenvalue weighted by atomic mass is 10.1. The van der Waals surface area contributed by atoms with Crippen molar-refractivity contribution in [3.8, 4) is 11.3 Å². The molecule has 8 nitrogen and oxygen atoms in total. The Morgan fingerprint density at radius 2 is 2.06 bits per heavy atom. The topological polar surface area (TPSA) is 79.3 Å². The summed E-state index contributed by atoms with van der Waals surface area (Å²) in [6.45, 7) is 6.01. The molecule has 1 N–H and O–H groups in total. The predicted octanol–water partition coefficient (Wildman–Crippen LogP) is 3.55. The second-order valence-corrected chi connectivity index (χ2v) is 8.92. The van der Waals surface area contributed by atoms with Gasteiger partial charge in [-0.1, -0.05) is 13.8 Å². The number of aromatic nitrogens is 4. The molecule has 2 aliphatic rings. The predicted molar refractivity (Wildman–Crippen MR) is 115 cm³/mol. The molecule has 0 aliphatic carbocycles. The van der Waals surface area contributed by atoms with Gasteiger partial charge < -0.3 is 14.6 Å². The molecule has 2 aliphatic heterocycles. The number of nitrogens with one attached hydrogen (secondary N) is 1. The van der Waals surface area contributed by atoms with E-state index >= 15 is 0 Å². The minimum Gasteiger partial charge on any atom is -0.449 e. The fraction of sp³-hybridized carbons (Fsp3) is 0.500. The number of halogens is 1. The molecule has 3 aromatic rings. The zero-order chi connectivity index (χ0) is 21.7. The number of rotatable bonds is 4. The zero-order valence-electron chi connectivity index (χ0n) is 18.0. The normalized spacial score (nSPS) is 20.8. The van der Waals surface area contributed by atoms with Crippen molar-refractivity contribution >= 4 is 22.8 Å². The maximum atomic E-state index is 14.4. The summed E-state index contributed by atoms with van der Waals surface area (Å²) < 4.78 is 21.1. The fourth-order valence-corrected chi connectivity index (χ4v) is 4.75. The molecule has 2 unspecified atom stereocenters. The molecule has 3 aromatic heterocycles. The van der Waals surface area contributed by atoms with Crippen LogP contribution in [0.2, 0.25) is 0 Å². The molecule has 5 heterocycles. The Bertz CT molecular complexity index is 1110. The Morgan fingerprint density at radius 1 is 1.32 bits per heavy atom. The first kappa shape index (κ1) is 19.8. The Hall–Kier alpha value is -3.10. The van der Waals surface area contributed by atoms with Gasteiger partial charge in [0.1, 0.15) is 5.65 Å². The Kier molecular flexibility index (Phi) is 4.83. The molecule has 2 atom stereocenters. The van der Waals surface area contributed by atoms with E-state index in [0.29, 0.717) is 29.4 Å². The van der Waals surface area contributed by atoms with Gasteiger partial charge in [-0.3, -0.25) is 4.90 Å². The van der Waals surface area contributed by atoms with E-state index in [-0.39, 0.29) is 24.1 Å². The number of nitrogens with zero attached hydrogens (tertiary/aromatic N) is 5. The summed E-state index contributed by atoms with van der Waals surface area (Å²) in [6, 6.07) is 4.20. The first-order valence-electron chi connectivity index (χ1n) is 10.8. The number of aromatic amines is 1. The molecule has 5 rings (SSSR count). The summed E-state index contributed by atoms with van der Waals surface area (Å²) in [5.74, 6) is -0.0693. The van der Waals surface area contributed by atoms with Crippen LogP contribution in [-0.4, -0.2) is 62.5 Å². The van der Waals surface area contributed by atoms with Gasteiger partial charge >= 0.3 is 6.09 Å². The number of ether oxygens (including phenoxy) is 1. The lowest BCUT2D eigenvalue weighted by Crippen LogP contribution is -2.56. The molecule has 1 amide bonds. The van der Waals surface area contributed by atoms with Crippen LogP contribution >= 0.6 is 0 Å². The summed E-state index contributed by atoms with van der Waals surface area (Å²) in [5.41, 5.74) is 2.83. The van der Waals surface area contributed by atoms with Gasteiger partial charge in [0, 0.05) is 37.4 Å². The number of carbonyl (C=O) groups is 1. The second kappa shape index (κ2) is 7.55. The van der Waals surface area contributed by atoms with E-state index in [1.807, 2.05) is 30.9 Å². The molecule has 2 fully saturated rings. The number of aryl methyl sites for hydroxylation is 1. The minimum atomic E-state index is -0.389. The van der Waals surface area contributed by atoms with Gasteiger partial charge in [0.2, 0.25) is 5.95 Å². The van der Waals surface area contributed by atoms with Gasteiger partial charge in [-0.25, -0.2) is 14.5 Å². The summed E-state index contributed by atoms with van der Waals surface area (Å²) in [5, 5.41) is 4.94. The van der Waals surface area contributed by atoms with Crippen molar-refractivity contribution in [1.29, 1.82) is 0 Å². The molecule has 31 heavy (non-hydrogen) atoms. The van der Waals surface area contributed by atoms with Gasteiger partial charge in [0.15, 0.2) is 0 Å². The van der Waals surface area contributed by atoms with Crippen LogP contribution in [0.3, 0.4) is 0 Å². The van der Waals surface area contributed by atoms with Crippen LogP contribution in [0.1, 0.15) is 26.7 Å². The number of pyridine rings is 1. The van der Waals surface area contributed by atoms with Gasteiger partial charge in [0.05, 0.1) is 36.1 Å². The lowest BCUT2D eigenvalue weighted by molar-refractivity contribution is 0.0705. The Morgan fingerprint density at radius 3 is 2.71 bits per heavy atom. The number of piperazine rings is 1. The SMILES string of the molecule is CC(C)COC(=O)N1C2CCC1CN(c1ccnc3[nH]c(-c4cnn(C)c4F)cc13)C2. The van der Waals surface area contributed by atoms with Crippen LogP contribution in [-0.2, 0) is 11.8 Å². The third-order valence-corrected chi connectivity index (χ3v) is 6.24. The average Bonchev–Trinajstić information content (AvgIpc) is 3.40. The highest BCUT2D eigenvalue weighted by molar-refractivity contribution is 5.94. The van der Waals surface area contributed by atoms with Gasteiger partial charge in [-0.2, -0.15) is 9.49 Å². The summed E-state index contributed by atoms with van der Waals surface area (Å²) in [7, 11) is 1.58. The Labute approximate surface area is 180 Å². The number of H-pyrrole nitrogens is 1. The quantitative estimate of drug-likeness (QED) is 0.690. The molecule has 9 heteroatoms. The molecular formula is C22H27FN6O2. The zero-order valence-corrected chi connectivity index (χ0v) is 18.0. The molecule has 0 radical (unpaired) electrons. The smallest absolute Gasteiger partial charge is 0.410 e. The van der Waals surface area contributed by atoms with Crippen molar-refractivity contribution < 1.29 is 13.9 Å². The average molecular weight is 426 g/mol. The second-order valence-electron chi connectivity index (χ2n) is 8.92. The van der Waals surface area contributed by atoms with E-state index < -0.39 is 0 Å². The third-order valence-electron chi connectivity index (χ3n) is 6.24. The van der Waals surface area contributed by atoms with E-state index in [0.717, 1.165) is 37.0 Å². The van der Waals surface area contributed by atoms with E-state index in [1.54, 1.807) is 13.2 Å². The van der Waals surface area contributed by atoms with Crippen LogP contribution in [0, 0.1) is 11.9 Å². The first-order valence-corrected chi connectivity index (χ1v) is 10.8. The summed E-state index contributed by atoms with van der Waals surface area (Å²) >= 11 is 0. The van der Waals surface area contributed by atoms with Crippen LogP contribution in [0.25, 0.3) is 22.3 Å². The number of hydrogen-bond donors (Lipinski definition) is 1. The van der Waals surface area contributed by atoms with Crippen LogP contribution < -0.4 is 4.90 Å². The first-order chi connectivity index (χ1) is 14.9. The molecular weight excluding hydrogens is 399 g/mol. The number of hydrogen-bond acceptors (Lipinski definition) is 5. The monoisotopic (exact) mass is 426 g/mol. The van der Waals surface area contributed by atoms with E-state index in [1.165, 1.54) is 10.9 Å². The molecule has 0 spiro atoms. The van der Waals surface area contributed by atoms with Gasteiger partial charge in [0.25, 0.3) is 0 Å². The third kappa shape index (κ3) is 3.41. The maximum Gasteiger partial charge on any atom is 0.410 e. The van der Waals surface area contributed by atoms with Crippen molar-refractivity contribution in [2.45, 2.75) is 38.8 Å². The van der Waals surface area contributed by atoms with Gasteiger partial charge in [-0.05, 0) is 30.9 Å². The highest BCUT2D eigenvalue weighted by Gasteiger charge is 2.43. The molecule has 2 saturated heterocycles. The fourth-order valence-electron chi connectivity index (χ4n) is 4.75. The van der Waals surface area contributed by atoms with E-state index in [4.69, 9.17) is 4.74 Å². The van der Waals surface area contributed by atoms with Crippen LogP contribution in [0.4, 0.5) is 14.9 Å². The van der Waals surface area contributed by atoms with Crippen molar-refractivity contribution in [3.05, 3.63) is 30.5 Å². The summed E-state index contributed by atoms with van der Waals surface area (Å²) in [4.78, 5) is 24.6. The van der Waals surface area contributed by atoms with Gasteiger partial charge in [-0.15, -0.1) is 0 Å². The van der Waals surface area contributed by atoms with Crippen molar-refractivity contribution in [1.82, 2.24) is 24.6 Å². The number of carbonyl (C=O) groups excluding carboxylic acids is 1. The lowest BCUT2D eigenvalue weighted by Gasteiger charge is -2.41. The standard InChI is InChI=1S/C22H27FN6O2/c1-13(2)12-31-22(30)29-14-4-5-15(29)11-28(10-14)19-6-7-24-21-16(19)8-18(26-21)17-9-25-27(3)20(17)23/h6-9,13-15H,4-5,10-12H2,1-3H3,(H,24,26). The van der Waals surface area contributed by atoms with Crippen molar-refractivity contribution in [2.24, 2.45) is 13.0 Å². The minimum absolute atomic E-state index is 0.135. The van der Waals surface area contributed by atoms with E-state index in [2.05, 4.69) is 20.0 Å². The highest BCUT2D eigenvalue weighted by atomic mass is 19.1. The molecule has 2 bridgehead atoms. The molecule has 0 aromatic carbocycles. The Balaban J connectivity index is 1.41. The van der Waals surface area contributed by atoms with Crippen molar-refractivity contribution in [2.75, 3.05) is 24.6 Å². The number of fused-ring (bicyclic) bond motifs is 3. The molecule has 0 saturated carbocycles. The highest BCUT2D eigenvalue weighted by Crippen LogP contribution is 2.37. The largest absolute Gasteiger partial charge is 0.449 e. The van der Waals surface area contributed by atoms with Crippen molar-refractivity contribution in [3.63, 3.8) is 0 Å².